The lowest BCUT2D eigenvalue weighted by Gasteiger charge is -2.04. The van der Waals surface area contributed by atoms with Crippen molar-refractivity contribution in [3.63, 3.8) is 0 Å². The predicted octanol–water partition coefficient (Wildman–Crippen LogP) is 2.46. The molecule has 4 heteroatoms. The summed E-state index contributed by atoms with van der Waals surface area (Å²) in [5.41, 5.74) is 0.730. The number of hydrogen-bond acceptors (Lipinski definition) is 2. The van der Waals surface area contributed by atoms with E-state index in [0.29, 0.717) is 12.4 Å². The van der Waals surface area contributed by atoms with Crippen LogP contribution < -0.4 is 5.32 Å². The topological polar surface area (TPSA) is 32.3 Å². The van der Waals surface area contributed by atoms with Crippen molar-refractivity contribution in [2.75, 3.05) is 17.7 Å². The van der Waals surface area contributed by atoms with Gasteiger partial charge in [-0.05, 0) is 12.1 Å². The lowest BCUT2D eigenvalue weighted by Crippen LogP contribution is -2.01. The first-order valence-electron chi connectivity index (χ1n) is 3.42. The lowest BCUT2D eigenvalue weighted by molar-refractivity contribution is 0.477. The van der Waals surface area contributed by atoms with Gasteiger partial charge in [-0.3, -0.25) is 0 Å². The molecule has 0 heterocycles. The highest BCUT2D eigenvalue weighted by Gasteiger charge is 1.95. The maximum atomic E-state index is 9.23. The Kier molecular flexibility index (Phi) is 5.68. The van der Waals surface area contributed by atoms with E-state index in [9.17, 15) is 5.11 Å². The van der Waals surface area contributed by atoms with Gasteiger partial charge in [-0.15, -0.1) is 24.0 Å². The zero-order chi connectivity index (χ0) is 8.10. The minimum absolute atomic E-state index is 0. The molecule has 2 nitrogen and oxygen atoms in total. The monoisotopic (exact) mass is 207 g/mol. The fraction of sp³-hybridized carbons (Fsp3) is 0.250. The zero-order valence-electron chi connectivity index (χ0n) is 6.46. The average Bonchev–Trinajstić information content (AvgIpc) is 2.03. The minimum atomic E-state index is 0. The minimum Gasteiger partial charge on any atom is -0.506 e. The molecule has 0 aliphatic rings. The van der Waals surface area contributed by atoms with E-state index in [1.54, 1.807) is 12.1 Å². The third-order valence-electron chi connectivity index (χ3n) is 1.31. The van der Waals surface area contributed by atoms with Crippen LogP contribution in [0.25, 0.3) is 0 Å². The van der Waals surface area contributed by atoms with Crippen molar-refractivity contribution in [3.8, 4) is 5.75 Å². The summed E-state index contributed by atoms with van der Waals surface area (Å²) in [5, 5.41) is 12.2. The van der Waals surface area contributed by atoms with Crippen LogP contribution in [0.3, 0.4) is 0 Å². The third kappa shape index (κ3) is 3.20. The van der Waals surface area contributed by atoms with Crippen LogP contribution in [0, 0.1) is 0 Å². The van der Waals surface area contributed by atoms with Gasteiger partial charge >= 0.3 is 0 Å². The predicted molar refractivity (Wildman–Crippen MR) is 54.6 cm³/mol. The van der Waals surface area contributed by atoms with Gasteiger partial charge < -0.3 is 10.4 Å². The molecule has 0 radical (unpaired) electrons. The van der Waals surface area contributed by atoms with Crippen molar-refractivity contribution in [3.05, 3.63) is 24.3 Å². The number of rotatable bonds is 3. The highest BCUT2D eigenvalue weighted by molar-refractivity contribution is 6.18. The van der Waals surface area contributed by atoms with Gasteiger partial charge in [0.2, 0.25) is 0 Å². The Hall–Kier alpha value is -0.600. The first kappa shape index (κ1) is 11.4. The van der Waals surface area contributed by atoms with Crippen LogP contribution >= 0.6 is 24.0 Å². The molecule has 0 spiro atoms. The van der Waals surface area contributed by atoms with Gasteiger partial charge in [-0.1, -0.05) is 12.1 Å². The van der Waals surface area contributed by atoms with Gasteiger partial charge in [0.25, 0.3) is 0 Å². The SMILES string of the molecule is Cl.Oc1ccccc1NCCCl. The fourth-order valence-electron chi connectivity index (χ4n) is 0.805. The maximum absolute atomic E-state index is 9.23. The van der Waals surface area contributed by atoms with Crippen LogP contribution in [-0.4, -0.2) is 17.5 Å². The molecule has 1 aromatic carbocycles. The molecular formula is C8H11Cl2NO. The Morgan fingerprint density at radius 1 is 1.33 bits per heavy atom. The van der Waals surface area contributed by atoms with Crippen LogP contribution in [0.2, 0.25) is 0 Å². The molecular weight excluding hydrogens is 197 g/mol. The molecule has 0 amide bonds. The quantitative estimate of drug-likeness (QED) is 0.590. The second-order valence-electron chi connectivity index (χ2n) is 2.13. The highest BCUT2D eigenvalue weighted by atomic mass is 35.5. The van der Waals surface area contributed by atoms with E-state index in [-0.39, 0.29) is 18.2 Å². The van der Waals surface area contributed by atoms with E-state index < -0.39 is 0 Å². The molecule has 0 unspecified atom stereocenters. The summed E-state index contributed by atoms with van der Waals surface area (Å²) >= 11 is 5.46. The molecule has 0 fully saturated rings. The van der Waals surface area contributed by atoms with Crippen LogP contribution in [0.15, 0.2) is 24.3 Å². The molecule has 1 rings (SSSR count). The number of para-hydroxylation sites is 2. The molecule has 0 atom stereocenters. The van der Waals surface area contributed by atoms with Crippen molar-refractivity contribution in [2.24, 2.45) is 0 Å². The van der Waals surface area contributed by atoms with Crippen LogP contribution in [0.1, 0.15) is 0 Å². The molecule has 0 aliphatic heterocycles. The fourth-order valence-corrected chi connectivity index (χ4v) is 0.900. The second-order valence-corrected chi connectivity index (χ2v) is 2.51. The van der Waals surface area contributed by atoms with Crippen molar-refractivity contribution < 1.29 is 5.11 Å². The number of aromatic hydroxyl groups is 1. The van der Waals surface area contributed by atoms with E-state index in [2.05, 4.69) is 5.32 Å². The molecule has 0 aliphatic carbocycles. The number of benzene rings is 1. The standard InChI is InChI=1S/C8H10ClNO.ClH/c9-5-6-10-7-3-1-2-4-8(7)11;/h1-4,10-11H,5-6H2;1H. The molecule has 0 saturated heterocycles. The first-order chi connectivity index (χ1) is 5.34. The van der Waals surface area contributed by atoms with E-state index in [1.807, 2.05) is 12.1 Å². The number of hydrogen-bond donors (Lipinski definition) is 2. The number of nitrogens with one attached hydrogen (secondary N) is 1. The third-order valence-corrected chi connectivity index (χ3v) is 1.50. The average molecular weight is 208 g/mol. The first-order valence-corrected chi connectivity index (χ1v) is 3.96. The van der Waals surface area contributed by atoms with Gasteiger partial charge in [0.05, 0.1) is 5.69 Å². The van der Waals surface area contributed by atoms with Gasteiger partial charge in [-0.25, -0.2) is 0 Å². The Balaban J connectivity index is 0.00000121. The van der Waals surface area contributed by atoms with Crippen molar-refractivity contribution in [2.45, 2.75) is 0 Å². The number of phenolic OH excluding ortho intramolecular Hbond substituents is 1. The second kappa shape index (κ2) is 5.98. The summed E-state index contributed by atoms with van der Waals surface area (Å²) in [6, 6.07) is 7.08. The lowest BCUT2D eigenvalue weighted by atomic mass is 10.3. The summed E-state index contributed by atoms with van der Waals surface area (Å²) in [6.45, 7) is 0.666. The van der Waals surface area contributed by atoms with Crippen LogP contribution in [0.5, 0.6) is 5.75 Å². The van der Waals surface area contributed by atoms with E-state index in [1.165, 1.54) is 0 Å². The van der Waals surface area contributed by atoms with Crippen LogP contribution in [0.4, 0.5) is 5.69 Å². The largest absolute Gasteiger partial charge is 0.506 e. The molecule has 0 saturated carbocycles. The Morgan fingerprint density at radius 2 is 2.00 bits per heavy atom. The van der Waals surface area contributed by atoms with Crippen molar-refractivity contribution >= 4 is 29.7 Å². The Labute approximate surface area is 83.0 Å². The highest BCUT2D eigenvalue weighted by Crippen LogP contribution is 2.20. The molecule has 68 valence electrons. The summed E-state index contributed by atoms with van der Waals surface area (Å²) < 4.78 is 0. The zero-order valence-corrected chi connectivity index (χ0v) is 8.03. The van der Waals surface area contributed by atoms with Crippen LogP contribution in [-0.2, 0) is 0 Å². The van der Waals surface area contributed by atoms with E-state index >= 15 is 0 Å². The number of anilines is 1. The number of phenols is 1. The molecule has 1 aromatic rings. The number of alkyl halides is 1. The molecule has 12 heavy (non-hydrogen) atoms. The number of halogens is 2. The summed E-state index contributed by atoms with van der Waals surface area (Å²) in [4.78, 5) is 0. The van der Waals surface area contributed by atoms with Gasteiger partial charge in [-0.2, -0.15) is 0 Å². The Morgan fingerprint density at radius 3 is 2.58 bits per heavy atom. The molecule has 2 N–H and O–H groups in total. The van der Waals surface area contributed by atoms with Gasteiger partial charge in [0, 0.05) is 12.4 Å². The van der Waals surface area contributed by atoms with E-state index in [0.717, 1.165) is 5.69 Å². The molecule has 0 aromatic heterocycles. The van der Waals surface area contributed by atoms with Crippen molar-refractivity contribution in [1.82, 2.24) is 0 Å². The van der Waals surface area contributed by atoms with Gasteiger partial charge in [0.1, 0.15) is 5.75 Å². The summed E-state index contributed by atoms with van der Waals surface area (Å²) in [5.74, 6) is 0.798. The summed E-state index contributed by atoms with van der Waals surface area (Å²) in [7, 11) is 0. The molecule has 0 bridgehead atoms. The van der Waals surface area contributed by atoms with Crippen molar-refractivity contribution in [1.29, 1.82) is 0 Å². The normalized spacial score (nSPS) is 8.75. The van der Waals surface area contributed by atoms with E-state index in [4.69, 9.17) is 11.6 Å². The Bertz CT molecular complexity index is 230. The maximum Gasteiger partial charge on any atom is 0.138 e. The summed E-state index contributed by atoms with van der Waals surface area (Å²) in [6.07, 6.45) is 0. The smallest absolute Gasteiger partial charge is 0.138 e. The van der Waals surface area contributed by atoms with Gasteiger partial charge in [0.15, 0.2) is 0 Å².